The number of nitrogens with one attached hydrogen (secondary N) is 2. The fourth-order valence-electron chi connectivity index (χ4n) is 1.53. The molecule has 0 aliphatic heterocycles. The molecule has 112 valence electrons. The van der Waals surface area contributed by atoms with Gasteiger partial charge in [-0.2, -0.15) is 0 Å². The molecule has 0 heterocycles. The SMILES string of the molecule is NCCCCCC(=O)NNC(=O)C(N)CCCCN. The van der Waals surface area contributed by atoms with E-state index in [1.54, 1.807) is 0 Å². The lowest BCUT2D eigenvalue weighted by Gasteiger charge is -2.12. The van der Waals surface area contributed by atoms with Crippen LogP contribution in [-0.2, 0) is 9.59 Å². The number of carbonyl (C=O) groups is 2. The molecule has 8 N–H and O–H groups in total. The molecule has 7 nitrogen and oxygen atoms in total. The monoisotopic (exact) mass is 273 g/mol. The molecule has 0 saturated carbocycles. The quantitative estimate of drug-likeness (QED) is 0.260. The summed E-state index contributed by atoms with van der Waals surface area (Å²) in [6, 6.07) is -0.607. The second kappa shape index (κ2) is 11.9. The Kier molecular flexibility index (Phi) is 11.1. The van der Waals surface area contributed by atoms with Gasteiger partial charge in [0.05, 0.1) is 6.04 Å². The van der Waals surface area contributed by atoms with Gasteiger partial charge in [0.2, 0.25) is 5.91 Å². The molecule has 0 spiro atoms. The van der Waals surface area contributed by atoms with E-state index in [2.05, 4.69) is 10.9 Å². The van der Waals surface area contributed by atoms with Gasteiger partial charge in [0.15, 0.2) is 0 Å². The topological polar surface area (TPSA) is 136 Å². The highest BCUT2D eigenvalue weighted by Gasteiger charge is 2.13. The lowest BCUT2D eigenvalue weighted by Crippen LogP contribution is -2.49. The molecule has 19 heavy (non-hydrogen) atoms. The maximum absolute atomic E-state index is 11.5. The van der Waals surface area contributed by atoms with Crippen molar-refractivity contribution in [2.45, 2.75) is 51.0 Å². The highest BCUT2D eigenvalue weighted by Crippen LogP contribution is 1.99. The number of unbranched alkanes of at least 4 members (excludes halogenated alkanes) is 3. The molecule has 1 atom stereocenters. The molecule has 0 saturated heterocycles. The number of nitrogens with two attached hydrogens (primary N) is 3. The Hall–Kier alpha value is -1.18. The first-order valence-corrected chi connectivity index (χ1v) is 6.86. The summed E-state index contributed by atoms with van der Waals surface area (Å²) in [4.78, 5) is 22.9. The molecule has 7 heteroatoms. The van der Waals surface area contributed by atoms with E-state index in [4.69, 9.17) is 17.2 Å². The van der Waals surface area contributed by atoms with Crippen molar-refractivity contribution in [1.29, 1.82) is 0 Å². The third-order valence-corrected chi connectivity index (χ3v) is 2.74. The smallest absolute Gasteiger partial charge is 0.255 e. The van der Waals surface area contributed by atoms with Crippen molar-refractivity contribution < 1.29 is 9.59 Å². The van der Waals surface area contributed by atoms with Crippen molar-refractivity contribution in [3.63, 3.8) is 0 Å². The van der Waals surface area contributed by atoms with E-state index < -0.39 is 6.04 Å². The van der Waals surface area contributed by atoms with Crippen LogP contribution < -0.4 is 28.1 Å². The van der Waals surface area contributed by atoms with E-state index in [1.165, 1.54) is 0 Å². The lowest BCUT2D eigenvalue weighted by molar-refractivity contribution is -0.129. The summed E-state index contributed by atoms with van der Waals surface area (Å²) in [6.07, 6.45) is 5.17. The Morgan fingerprint density at radius 2 is 1.53 bits per heavy atom. The van der Waals surface area contributed by atoms with Crippen LogP contribution in [0, 0.1) is 0 Å². The molecule has 0 aromatic carbocycles. The maximum atomic E-state index is 11.5. The van der Waals surface area contributed by atoms with E-state index in [-0.39, 0.29) is 11.8 Å². The molecule has 0 aromatic rings. The van der Waals surface area contributed by atoms with Crippen LogP contribution in [-0.4, -0.2) is 30.9 Å². The van der Waals surface area contributed by atoms with Crippen molar-refractivity contribution in [1.82, 2.24) is 10.9 Å². The summed E-state index contributed by atoms with van der Waals surface area (Å²) in [7, 11) is 0. The fourth-order valence-corrected chi connectivity index (χ4v) is 1.53. The van der Waals surface area contributed by atoms with E-state index in [0.717, 1.165) is 32.1 Å². The molecule has 0 bridgehead atoms. The normalized spacial score (nSPS) is 11.9. The van der Waals surface area contributed by atoms with Gasteiger partial charge in [-0.05, 0) is 38.8 Å². The zero-order chi connectivity index (χ0) is 14.5. The fraction of sp³-hybridized carbons (Fsp3) is 0.833. The standard InChI is InChI=1S/C12H27N5O2/c13-8-4-1-2-7-11(18)16-17-12(19)10(15)6-3-5-9-14/h10H,1-9,13-15H2,(H,16,18)(H,17,19). The van der Waals surface area contributed by atoms with Gasteiger partial charge in [-0.15, -0.1) is 0 Å². The first-order valence-electron chi connectivity index (χ1n) is 6.86. The zero-order valence-electron chi connectivity index (χ0n) is 11.5. The molecule has 0 aromatic heterocycles. The van der Waals surface area contributed by atoms with E-state index in [1.807, 2.05) is 0 Å². The third kappa shape index (κ3) is 10.4. The van der Waals surface area contributed by atoms with Gasteiger partial charge in [-0.25, -0.2) is 0 Å². The van der Waals surface area contributed by atoms with Gasteiger partial charge < -0.3 is 17.2 Å². The van der Waals surface area contributed by atoms with Crippen LogP contribution in [0.4, 0.5) is 0 Å². The van der Waals surface area contributed by atoms with Gasteiger partial charge in [0.1, 0.15) is 0 Å². The molecule has 2 amide bonds. The van der Waals surface area contributed by atoms with Crippen LogP contribution in [0.25, 0.3) is 0 Å². The number of rotatable bonds is 10. The Morgan fingerprint density at radius 1 is 0.895 bits per heavy atom. The van der Waals surface area contributed by atoms with Gasteiger partial charge in [-0.3, -0.25) is 20.4 Å². The molecular weight excluding hydrogens is 246 g/mol. The van der Waals surface area contributed by atoms with Crippen LogP contribution in [0.2, 0.25) is 0 Å². The minimum Gasteiger partial charge on any atom is -0.330 e. The van der Waals surface area contributed by atoms with Crippen LogP contribution in [0.1, 0.15) is 44.9 Å². The lowest BCUT2D eigenvalue weighted by atomic mass is 10.1. The highest BCUT2D eigenvalue weighted by molar-refractivity contribution is 5.84. The summed E-state index contributed by atoms with van der Waals surface area (Å²) in [5.74, 6) is -0.577. The van der Waals surface area contributed by atoms with Crippen LogP contribution in [0.15, 0.2) is 0 Å². The Morgan fingerprint density at radius 3 is 2.16 bits per heavy atom. The summed E-state index contributed by atoms with van der Waals surface area (Å²) >= 11 is 0. The van der Waals surface area contributed by atoms with Crippen molar-refractivity contribution in [3.8, 4) is 0 Å². The van der Waals surface area contributed by atoms with Gasteiger partial charge in [-0.1, -0.05) is 12.8 Å². The molecule has 0 radical (unpaired) electrons. The van der Waals surface area contributed by atoms with E-state index >= 15 is 0 Å². The summed E-state index contributed by atoms with van der Waals surface area (Å²) < 4.78 is 0. The summed E-state index contributed by atoms with van der Waals surface area (Å²) in [5.41, 5.74) is 21.1. The third-order valence-electron chi connectivity index (χ3n) is 2.74. The number of hydrogen-bond donors (Lipinski definition) is 5. The predicted molar refractivity (Wildman–Crippen MR) is 74.7 cm³/mol. The summed E-state index contributed by atoms with van der Waals surface area (Å²) in [6.45, 7) is 1.23. The highest BCUT2D eigenvalue weighted by atomic mass is 16.2. The number of hydrogen-bond acceptors (Lipinski definition) is 5. The molecule has 1 unspecified atom stereocenters. The second-order valence-corrected chi connectivity index (χ2v) is 4.53. The largest absolute Gasteiger partial charge is 0.330 e. The minimum atomic E-state index is -0.607. The van der Waals surface area contributed by atoms with Crippen molar-refractivity contribution >= 4 is 11.8 Å². The number of amides is 2. The average Bonchev–Trinajstić information content (AvgIpc) is 2.41. The molecule has 0 aliphatic carbocycles. The van der Waals surface area contributed by atoms with Gasteiger partial charge >= 0.3 is 0 Å². The maximum Gasteiger partial charge on any atom is 0.255 e. The first kappa shape index (κ1) is 17.8. The molecule has 0 aliphatic rings. The van der Waals surface area contributed by atoms with Crippen molar-refractivity contribution in [2.24, 2.45) is 17.2 Å². The number of carbonyl (C=O) groups excluding carboxylic acids is 2. The zero-order valence-corrected chi connectivity index (χ0v) is 11.5. The Labute approximate surface area is 114 Å². The molecular formula is C12H27N5O2. The van der Waals surface area contributed by atoms with Gasteiger partial charge in [0, 0.05) is 6.42 Å². The van der Waals surface area contributed by atoms with Gasteiger partial charge in [0.25, 0.3) is 5.91 Å². The van der Waals surface area contributed by atoms with Crippen LogP contribution >= 0.6 is 0 Å². The molecule has 0 rings (SSSR count). The van der Waals surface area contributed by atoms with Crippen LogP contribution in [0.5, 0.6) is 0 Å². The average molecular weight is 273 g/mol. The van der Waals surface area contributed by atoms with Crippen molar-refractivity contribution in [2.75, 3.05) is 13.1 Å². The predicted octanol–water partition coefficient (Wildman–Crippen LogP) is -0.891. The Balaban J connectivity index is 3.62. The number of hydrazine groups is 1. The summed E-state index contributed by atoms with van der Waals surface area (Å²) in [5, 5.41) is 0. The van der Waals surface area contributed by atoms with Crippen molar-refractivity contribution in [3.05, 3.63) is 0 Å². The van der Waals surface area contributed by atoms with Crippen LogP contribution in [0.3, 0.4) is 0 Å². The van der Waals surface area contributed by atoms with E-state index in [9.17, 15) is 9.59 Å². The molecule has 0 fully saturated rings. The minimum absolute atomic E-state index is 0.209. The first-order chi connectivity index (χ1) is 9.11. The second-order valence-electron chi connectivity index (χ2n) is 4.53. The Bertz CT molecular complexity index is 261. The van der Waals surface area contributed by atoms with E-state index in [0.29, 0.717) is 25.9 Å².